The Morgan fingerprint density at radius 1 is 0.969 bits per heavy atom. The van der Waals surface area contributed by atoms with E-state index in [-0.39, 0.29) is 35.4 Å². The summed E-state index contributed by atoms with van der Waals surface area (Å²) in [6.07, 6.45) is 10.5. The number of likely N-dealkylation sites (tertiary alicyclic amines) is 1. The first kappa shape index (κ1) is 41.9. The minimum Gasteiger partial charge on any atom is -0.444 e. The molecule has 334 valence electrons. The quantitative estimate of drug-likeness (QED) is 0.118. The monoisotopic (exact) mass is 867 g/mol. The minimum absolute atomic E-state index is 0.0598. The molecule has 2 saturated heterocycles. The highest BCUT2D eigenvalue weighted by Gasteiger charge is 2.38. The first-order chi connectivity index (χ1) is 30.9. The molecule has 6 heterocycles. The lowest BCUT2D eigenvalue weighted by molar-refractivity contribution is -0.134. The number of imide groups is 1. The number of benzene rings is 2. The molecule has 1 unspecified atom stereocenters. The number of oxazole rings is 1. The van der Waals surface area contributed by atoms with Gasteiger partial charge in [-0.1, -0.05) is 18.2 Å². The van der Waals surface area contributed by atoms with Gasteiger partial charge in [0.15, 0.2) is 5.69 Å². The Hall–Kier alpha value is -6.13. The van der Waals surface area contributed by atoms with Gasteiger partial charge < -0.3 is 29.8 Å². The molecular formula is C48H57N11O5. The molecule has 5 aliphatic rings. The van der Waals surface area contributed by atoms with Crippen molar-refractivity contribution in [2.75, 3.05) is 62.9 Å². The van der Waals surface area contributed by atoms with Crippen LogP contribution in [-0.4, -0.2) is 117 Å². The van der Waals surface area contributed by atoms with E-state index >= 15 is 0 Å². The molecule has 2 aromatic carbocycles. The second-order valence-electron chi connectivity index (χ2n) is 18.9. The van der Waals surface area contributed by atoms with Crippen LogP contribution in [0, 0.1) is 11.8 Å². The Morgan fingerprint density at radius 2 is 1.77 bits per heavy atom. The van der Waals surface area contributed by atoms with Gasteiger partial charge in [0.25, 0.3) is 11.8 Å². The number of fused-ring (bicyclic) bond motifs is 2. The van der Waals surface area contributed by atoms with Crippen molar-refractivity contribution in [3.63, 3.8) is 0 Å². The van der Waals surface area contributed by atoms with E-state index in [1.807, 2.05) is 72.0 Å². The maximum atomic E-state index is 14.0. The Kier molecular flexibility index (Phi) is 11.2. The molecule has 10 rings (SSSR count). The number of amides is 4. The number of carbonyl (C=O) groups excluding carboxylic acids is 4. The van der Waals surface area contributed by atoms with Crippen molar-refractivity contribution in [3.05, 3.63) is 83.0 Å². The molecule has 16 heteroatoms. The van der Waals surface area contributed by atoms with Crippen LogP contribution in [0.3, 0.4) is 0 Å². The number of hydrogen-bond acceptors (Lipinski definition) is 12. The van der Waals surface area contributed by atoms with E-state index in [9.17, 15) is 19.2 Å². The highest BCUT2D eigenvalue weighted by molar-refractivity contribution is 6.07. The van der Waals surface area contributed by atoms with Gasteiger partial charge in [0.2, 0.25) is 17.7 Å². The van der Waals surface area contributed by atoms with Crippen molar-refractivity contribution >= 4 is 51.7 Å². The lowest BCUT2D eigenvalue weighted by Gasteiger charge is -2.46. The smallest absolute Gasteiger partial charge is 0.277 e. The van der Waals surface area contributed by atoms with Gasteiger partial charge in [-0.2, -0.15) is 5.10 Å². The van der Waals surface area contributed by atoms with Crippen molar-refractivity contribution in [2.45, 2.75) is 82.5 Å². The van der Waals surface area contributed by atoms with Crippen LogP contribution in [0.4, 0.5) is 17.2 Å². The number of para-hydroxylation sites is 1. The molecule has 0 spiro atoms. The normalized spacial score (nSPS) is 21.6. The van der Waals surface area contributed by atoms with Gasteiger partial charge in [-0.05, 0) is 99.2 Å². The lowest BCUT2D eigenvalue weighted by Crippen LogP contribution is -2.58. The van der Waals surface area contributed by atoms with E-state index in [1.165, 1.54) is 24.7 Å². The summed E-state index contributed by atoms with van der Waals surface area (Å²) in [5.41, 5.74) is 6.88. The van der Waals surface area contributed by atoms with Crippen molar-refractivity contribution < 1.29 is 23.6 Å². The zero-order chi connectivity index (χ0) is 44.2. The predicted molar refractivity (Wildman–Crippen MR) is 243 cm³/mol. The third-order valence-electron chi connectivity index (χ3n) is 14.1. The number of nitrogens with zero attached hydrogens (tertiary/aromatic N) is 8. The zero-order valence-corrected chi connectivity index (χ0v) is 37.1. The summed E-state index contributed by atoms with van der Waals surface area (Å²) in [6, 6.07) is 14.4. The molecule has 2 aliphatic carbocycles. The van der Waals surface area contributed by atoms with E-state index in [2.05, 4.69) is 48.8 Å². The van der Waals surface area contributed by atoms with Gasteiger partial charge in [-0.15, -0.1) is 0 Å². The van der Waals surface area contributed by atoms with Gasteiger partial charge in [0.1, 0.15) is 12.1 Å². The molecule has 3 aliphatic heterocycles. The third-order valence-corrected chi connectivity index (χ3v) is 14.1. The van der Waals surface area contributed by atoms with Gasteiger partial charge in [-0.25, -0.2) is 9.97 Å². The van der Waals surface area contributed by atoms with Crippen LogP contribution >= 0.6 is 0 Å². The van der Waals surface area contributed by atoms with Gasteiger partial charge in [0.05, 0.1) is 28.5 Å². The second kappa shape index (κ2) is 17.1. The number of likely N-dealkylation sites (N-methyl/N-ethyl adjacent to an activating group) is 1. The summed E-state index contributed by atoms with van der Waals surface area (Å²) in [7, 11) is 7.99. The summed E-state index contributed by atoms with van der Waals surface area (Å²) in [6.45, 7) is 5.24. The number of nitrogens with one attached hydrogen (secondary N) is 3. The molecule has 5 aromatic rings. The average molecular weight is 868 g/mol. The first-order valence-corrected chi connectivity index (χ1v) is 22.8. The Balaban J connectivity index is 0.715. The Bertz CT molecular complexity index is 2620. The van der Waals surface area contributed by atoms with Crippen LogP contribution in [0.25, 0.3) is 22.4 Å². The number of pyridine rings is 1. The summed E-state index contributed by atoms with van der Waals surface area (Å²) in [5, 5.41) is 14.7. The zero-order valence-electron chi connectivity index (χ0n) is 37.1. The minimum atomic E-state index is -0.416. The van der Waals surface area contributed by atoms with Crippen LogP contribution in [0.15, 0.2) is 59.3 Å². The topological polar surface area (TPSA) is 174 Å². The number of piperidine rings is 1. The molecule has 3 N–H and O–H groups in total. The fourth-order valence-corrected chi connectivity index (χ4v) is 10.2. The van der Waals surface area contributed by atoms with Crippen molar-refractivity contribution in [1.29, 1.82) is 0 Å². The average Bonchev–Trinajstić information content (AvgIpc) is 3.70. The Morgan fingerprint density at radius 3 is 2.53 bits per heavy atom. The first-order valence-electron chi connectivity index (χ1n) is 22.8. The maximum Gasteiger partial charge on any atom is 0.277 e. The number of aromatic nitrogens is 4. The molecule has 1 atom stereocenters. The van der Waals surface area contributed by atoms with Crippen LogP contribution in [-0.2, 0) is 29.7 Å². The molecule has 16 nitrogen and oxygen atoms in total. The summed E-state index contributed by atoms with van der Waals surface area (Å²) >= 11 is 0. The van der Waals surface area contributed by atoms with Gasteiger partial charge in [-0.3, -0.25) is 34.1 Å². The summed E-state index contributed by atoms with van der Waals surface area (Å²) in [4.78, 5) is 69.8. The molecule has 2 saturated carbocycles. The maximum absolute atomic E-state index is 14.0. The standard InChI is InChI=1S/C48H57N11O5/c1-55(2)40-20-37-32(18-38(40)51-46(62)39-27-64-47(52-39)30-16-17-49-41(19-30)50-21-28-8-9-28)24-59(48(37)63)33-12-10-29(11-13-33)22-56(3)34-25-58(26-34)23-31-6-5-7-35-43(54-57(4)44(31)35)36-14-15-42(60)53-45(36)61/h5-7,16-20,27-29,33-34,36H,8-15,21-26H2,1-4H3,(H,49,50)(H,51,62)(H,53,60,61). The lowest BCUT2D eigenvalue weighted by atomic mass is 9.84. The van der Waals surface area contributed by atoms with Gasteiger partial charge in [0, 0.05) is 102 Å². The van der Waals surface area contributed by atoms with Crippen LogP contribution in [0.1, 0.15) is 95.0 Å². The number of aryl methyl sites for hydroxylation is 1. The van der Waals surface area contributed by atoms with Gasteiger partial charge >= 0.3 is 0 Å². The largest absolute Gasteiger partial charge is 0.444 e. The van der Waals surface area contributed by atoms with Crippen molar-refractivity contribution in [2.24, 2.45) is 18.9 Å². The van der Waals surface area contributed by atoms with E-state index < -0.39 is 5.92 Å². The van der Waals surface area contributed by atoms with Crippen molar-refractivity contribution in [1.82, 2.24) is 39.8 Å². The Labute approximate surface area is 372 Å². The van der Waals surface area contributed by atoms with E-state index in [4.69, 9.17) is 9.52 Å². The highest BCUT2D eigenvalue weighted by Crippen LogP contribution is 2.39. The number of anilines is 3. The molecular weight excluding hydrogens is 811 g/mol. The summed E-state index contributed by atoms with van der Waals surface area (Å²) < 4.78 is 7.63. The van der Waals surface area contributed by atoms with Crippen LogP contribution < -0.4 is 20.9 Å². The molecule has 0 radical (unpaired) electrons. The number of rotatable bonds is 14. The fourth-order valence-electron chi connectivity index (χ4n) is 10.2. The predicted octanol–water partition coefficient (Wildman–Crippen LogP) is 5.61. The van der Waals surface area contributed by atoms with Crippen LogP contribution in [0.5, 0.6) is 0 Å². The SMILES string of the molecule is CN(C)c1cc2c(cc1NC(=O)c1coc(-c3ccnc(NCC4CC4)c3)n1)CN(C1CCC(CN(C)C3CN(Cc4cccc5c(C6CCC(=O)NC6=O)nn(C)c45)C3)CC1)C2=O. The molecule has 0 bridgehead atoms. The molecule has 3 aromatic heterocycles. The third kappa shape index (κ3) is 8.36. The summed E-state index contributed by atoms with van der Waals surface area (Å²) in [5.74, 6) is 1.16. The number of hydrogen-bond donors (Lipinski definition) is 3. The van der Waals surface area contributed by atoms with E-state index in [0.717, 1.165) is 97.6 Å². The molecule has 4 fully saturated rings. The van der Waals surface area contributed by atoms with E-state index in [0.29, 0.717) is 54.4 Å². The van der Waals surface area contributed by atoms with E-state index in [1.54, 1.807) is 6.20 Å². The highest BCUT2D eigenvalue weighted by atomic mass is 16.3. The fraction of sp³-hybridized carbons (Fsp3) is 0.479. The molecule has 4 amide bonds. The molecule has 64 heavy (non-hydrogen) atoms. The van der Waals surface area contributed by atoms with Crippen molar-refractivity contribution in [3.8, 4) is 11.5 Å². The second-order valence-corrected chi connectivity index (χ2v) is 18.9. The van der Waals surface area contributed by atoms with Crippen LogP contribution in [0.2, 0.25) is 0 Å². The number of carbonyl (C=O) groups is 4.